The molecule has 2 N–H and O–H groups in total. The molecular weight excluding hydrogens is 667 g/mol. The molecule has 1 rings (SSSR count). The van der Waals surface area contributed by atoms with Crippen LogP contribution in [0.1, 0.15) is 168 Å². The highest BCUT2D eigenvalue weighted by Gasteiger charge is 2.36. The Labute approximate surface area is 309 Å². The molecule has 0 saturated carbocycles. The van der Waals surface area contributed by atoms with Crippen LogP contribution in [0.5, 0.6) is 0 Å². The maximum Gasteiger partial charge on any atom is 0.469 e. The van der Waals surface area contributed by atoms with Gasteiger partial charge in [0.1, 0.15) is 6.61 Å². The summed E-state index contributed by atoms with van der Waals surface area (Å²) in [6.07, 6.45) is 41.3. The van der Waals surface area contributed by atoms with E-state index in [1.165, 1.54) is 44.9 Å². The summed E-state index contributed by atoms with van der Waals surface area (Å²) >= 11 is 0. The molecule has 1 fully saturated rings. The van der Waals surface area contributed by atoms with Gasteiger partial charge in [0.25, 0.3) is 0 Å². The molecule has 9 nitrogen and oxygen atoms in total. The number of epoxide rings is 1. The number of hydrogen-bond acceptors (Lipinski definition) is 7. The minimum absolute atomic E-state index is 0.182. The number of rotatable bonds is 35. The molecule has 294 valence electrons. The van der Waals surface area contributed by atoms with Crippen LogP contribution >= 0.6 is 7.82 Å². The van der Waals surface area contributed by atoms with Crippen molar-refractivity contribution in [2.75, 3.05) is 13.2 Å². The molecule has 1 aliphatic heterocycles. The number of phosphoric acid groups is 1. The second-order valence-electron chi connectivity index (χ2n) is 13.6. The van der Waals surface area contributed by atoms with Crippen molar-refractivity contribution in [1.82, 2.24) is 0 Å². The Morgan fingerprint density at radius 1 is 0.627 bits per heavy atom. The lowest BCUT2D eigenvalue weighted by molar-refractivity contribution is -0.161. The van der Waals surface area contributed by atoms with Crippen molar-refractivity contribution in [1.29, 1.82) is 0 Å². The van der Waals surface area contributed by atoms with Crippen LogP contribution in [0.25, 0.3) is 0 Å². The van der Waals surface area contributed by atoms with Crippen molar-refractivity contribution in [2.45, 2.75) is 186 Å². The van der Waals surface area contributed by atoms with Gasteiger partial charge in [-0.05, 0) is 77.0 Å². The predicted octanol–water partition coefficient (Wildman–Crippen LogP) is 10.9. The van der Waals surface area contributed by atoms with Crippen molar-refractivity contribution in [3.63, 3.8) is 0 Å². The van der Waals surface area contributed by atoms with Gasteiger partial charge in [-0.15, -0.1) is 0 Å². The fourth-order valence-electron chi connectivity index (χ4n) is 5.62. The summed E-state index contributed by atoms with van der Waals surface area (Å²) in [7, 11) is -4.77. The molecule has 0 aliphatic carbocycles. The molecule has 0 spiro atoms. The summed E-state index contributed by atoms with van der Waals surface area (Å²) < 4.78 is 32.1. The van der Waals surface area contributed by atoms with Crippen molar-refractivity contribution in [3.8, 4) is 0 Å². The summed E-state index contributed by atoms with van der Waals surface area (Å²) in [6, 6.07) is 0. The summed E-state index contributed by atoms with van der Waals surface area (Å²) in [6.45, 7) is 3.58. The Bertz CT molecular complexity index is 1030. The van der Waals surface area contributed by atoms with E-state index < -0.39 is 32.5 Å². The van der Waals surface area contributed by atoms with E-state index in [-0.39, 0.29) is 19.4 Å². The molecule has 1 heterocycles. The van der Waals surface area contributed by atoms with Gasteiger partial charge < -0.3 is 24.0 Å². The summed E-state index contributed by atoms with van der Waals surface area (Å²) in [5.41, 5.74) is 0. The number of esters is 2. The van der Waals surface area contributed by atoms with Crippen LogP contribution in [0.2, 0.25) is 0 Å². The van der Waals surface area contributed by atoms with Crippen LogP contribution in [0.15, 0.2) is 48.6 Å². The summed E-state index contributed by atoms with van der Waals surface area (Å²) in [4.78, 5) is 42.8. The molecule has 1 saturated heterocycles. The van der Waals surface area contributed by atoms with E-state index in [0.717, 1.165) is 83.5 Å². The minimum atomic E-state index is -4.77. The SMILES string of the molecule is CCCCC/C=C\C/C=C\C/C=C\CCCCCCC(=O)OC[C@H](COP(=O)(O)O)OC(=O)CCCCCCCC1OC1C/C=C\CCCCC. The normalized spacial score (nSPS) is 16.9. The number of allylic oxidation sites excluding steroid dienone is 7. The molecule has 3 atom stereocenters. The fraction of sp³-hybridized carbons (Fsp3) is 0.756. The number of hydrogen-bond donors (Lipinski definition) is 2. The van der Waals surface area contributed by atoms with E-state index in [4.69, 9.17) is 24.0 Å². The Balaban J connectivity index is 2.11. The largest absolute Gasteiger partial charge is 0.469 e. The van der Waals surface area contributed by atoms with E-state index in [9.17, 15) is 14.2 Å². The first-order valence-electron chi connectivity index (χ1n) is 20.1. The van der Waals surface area contributed by atoms with Crippen molar-refractivity contribution < 1.29 is 42.7 Å². The van der Waals surface area contributed by atoms with Crippen LogP contribution < -0.4 is 0 Å². The molecule has 10 heteroatoms. The molecule has 0 aromatic heterocycles. The molecule has 0 amide bonds. The zero-order chi connectivity index (χ0) is 37.3. The molecule has 0 radical (unpaired) electrons. The lowest BCUT2D eigenvalue weighted by Crippen LogP contribution is -2.29. The van der Waals surface area contributed by atoms with Crippen molar-refractivity contribution in [3.05, 3.63) is 48.6 Å². The average molecular weight is 739 g/mol. The van der Waals surface area contributed by atoms with Crippen molar-refractivity contribution in [2.24, 2.45) is 0 Å². The molecule has 1 aliphatic rings. The van der Waals surface area contributed by atoms with E-state index in [2.05, 4.69) is 67.0 Å². The standard InChI is InChI=1S/C41H71O9P/c1-3-5-7-9-11-12-13-14-15-16-17-18-19-20-21-25-29-33-40(42)47-35-37(36-48-51(44,45)46)49-41(43)34-30-26-22-24-28-32-39-38(50-39)31-27-23-10-8-6-4-2/h11-12,14-15,17-18,23,27,37-39H,3-10,13,16,19-22,24-26,28-36H2,1-2H3,(H2,44,45,46)/b12-11-,15-14-,18-17-,27-23-/t37-,38?,39?/m1/s1. The number of phosphoric ester groups is 1. The first-order chi connectivity index (χ1) is 24.7. The van der Waals surface area contributed by atoms with E-state index in [1.54, 1.807) is 0 Å². The Hall–Kier alpha value is -2.03. The quantitative estimate of drug-likeness (QED) is 0.0214. The predicted molar refractivity (Wildman–Crippen MR) is 206 cm³/mol. The zero-order valence-corrected chi connectivity index (χ0v) is 32.8. The first kappa shape index (κ1) is 47.0. The topological polar surface area (TPSA) is 132 Å². The number of unbranched alkanes of at least 4 members (excludes halogenated alkanes) is 14. The number of carbonyl (C=O) groups excluding carboxylic acids is 2. The Morgan fingerprint density at radius 2 is 1.14 bits per heavy atom. The summed E-state index contributed by atoms with van der Waals surface area (Å²) in [5.74, 6) is -0.936. The fourth-order valence-corrected chi connectivity index (χ4v) is 5.98. The average Bonchev–Trinajstić information content (AvgIpc) is 3.85. The zero-order valence-electron chi connectivity index (χ0n) is 31.9. The second-order valence-corrected chi connectivity index (χ2v) is 14.9. The van der Waals surface area contributed by atoms with E-state index in [0.29, 0.717) is 25.0 Å². The molecule has 2 unspecified atom stereocenters. The van der Waals surface area contributed by atoms with E-state index in [1.807, 2.05) is 0 Å². The van der Waals surface area contributed by atoms with Gasteiger partial charge in [0.05, 0.1) is 18.8 Å². The van der Waals surface area contributed by atoms with Crippen LogP contribution in [0.3, 0.4) is 0 Å². The third-order valence-corrected chi connectivity index (χ3v) is 9.23. The van der Waals surface area contributed by atoms with Gasteiger partial charge in [0.2, 0.25) is 0 Å². The van der Waals surface area contributed by atoms with Crippen molar-refractivity contribution >= 4 is 19.8 Å². The van der Waals surface area contributed by atoms with Gasteiger partial charge in [-0.2, -0.15) is 0 Å². The monoisotopic (exact) mass is 738 g/mol. The van der Waals surface area contributed by atoms with Crippen LogP contribution in [0.4, 0.5) is 0 Å². The molecule has 51 heavy (non-hydrogen) atoms. The Morgan fingerprint density at radius 3 is 1.75 bits per heavy atom. The van der Waals surface area contributed by atoms with Gasteiger partial charge in [-0.1, -0.05) is 127 Å². The first-order valence-corrected chi connectivity index (χ1v) is 21.6. The van der Waals surface area contributed by atoms with Gasteiger partial charge in [0, 0.05) is 12.8 Å². The maximum absolute atomic E-state index is 12.4. The smallest absolute Gasteiger partial charge is 0.462 e. The molecular formula is C41H71O9P. The highest BCUT2D eigenvalue weighted by atomic mass is 31.2. The number of carbonyl (C=O) groups is 2. The lowest BCUT2D eigenvalue weighted by Gasteiger charge is -2.18. The lowest BCUT2D eigenvalue weighted by atomic mass is 10.1. The molecule has 0 aromatic rings. The van der Waals surface area contributed by atoms with Crippen LogP contribution in [-0.2, 0) is 32.9 Å². The van der Waals surface area contributed by atoms with Gasteiger partial charge >= 0.3 is 19.8 Å². The van der Waals surface area contributed by atoms with Gasteiger partial charge in [-0.25, -0.2) is 4.57 Å². The highest BCUT2D eigenvalue weighted by Crippen LogP contribution is 2.36. The van der Waals surface area contributed by atoms with Gasteiger partial charge in [-0.3, -0.25) is 14.1 Å². The third-order valence-electron chi connectivity index (χ3n) is 8.74. The molecule has 0 bridgehead atoms. The van der Waals surface area contributed by atoms with Crippen LogP contribution in [0, 0.1) is 0 Å². The van der Waals surface area contributed by atoms with E-state index >= 15 is 0 Å². The Kier molecular flexibility index (Phi) is 30.0. The third kappa shape index (κ3) is 32.4. The second kappa shape index (κ2) is 32.6. The maximum atomic E-state index is 12.4. The molecule has 0 aromatic carbocycles. The summed E-state index contributed by atoms with van der Waals surface area (Å²) in [5, 5.41) is 0. The minimum Gasteiger partial charge on any atom is -0.462 e. The highest BCUT2D eigenvalue weighted by molar-refractivity contribution is 7.46. The van der Waals surface area contributed by atoms with Crippen LogP contribution in [-0.4, -0.2) is 53.3 Å². The van der Waals surface area contributed by atoms with Gasteiger partial charge in [0.15, 0.2) is 6.10 Å². The number of ether oxygens (including phenoxy) is 3.